The van der Waals surface area contributed by atoms with Crippen LogP contribution in [-0.2, 0) is 26.1 Å². The molecule has 3 aromatic heterocycles. The van der Waals surface area contributed by atoms with Gasteiger partial charge in [-0.15, -0.1) is 0 Å². The van der Waals surface area contributed by atoms with Gasteiger partial charge in [-0.1, -0.05) is 37.3 Å². The first-order chi connectivity index (χ1) is 17.1. The molecule has 0 radical (unpaired) electrons. The van der Waals surface area contributed by atoms with Crippen LogP contribution in [0.15, 0.2) is 67.4 Å². The van der Waals surface area contributed by atoms with Gasteiger partial charge in [-0.2, -0.15) is 10.2 Å². The van der Waals surface area contributed by atoms with Crippen LogP contribution < -0.4 is 10.1 Å². The quantitative estimate of drug-likeness (QED) is 0.342. The average molecular weight is 472 g/mol. The lowest BCUT2D eigenvalue weighted by molar-refractivity contribution is 0.384. The van der Waals surface area contributed by atoms with Crippen molar-refractivity contribution in [3.63, 3.8) is 0 Å². The van der Waals surface area contributed by atoms with E-state index in [0.29, 0.717) is 23.6 Å². The molecule has 0 aliphatic heterocycles. The van der Waals surface area contributed by atoms with Crippen LogP contribution in [0.2, 0.25) is 0 Å². The number of rotatable bonds is 9. The second-order valence-corrected chi connectivity index (χ2v) is 8.23. The van der Waals surface area contributed by atoms with Gasteiger partial charge >= 0.3 is 0 Å². The molecule has 0 spiro atoms. The smallest absolute Gasteiger partial charge is 0.186 e. The molecule has 178 valence electrons. The van der Waals surface area contributed by atoms with Gasteiger partial charge in [-0.25, -0.2) is 14.4 Å². The Bertz CT molecular complexity index is 1430. The number of nitrogens with zero attached hydrogens (tertiary/aromatic N) is 6. The van der Waals surface area contributed by atoms with Gasteiger partial charge in [0.05, 0.1) is 25.6 Å². The first-order valence-corrected chi connectivity index (χ1v) is 11.5. The van der Waals surface area contributed by atoms with E-state index < -0.39 is 0 Å². The summed E-state index contributed by atoms with van der Waals surface area (Å²) in [7, 11) is 1.47. The Balaban J connectivity index is 1.33. The Morgan fingerprint density at radius 2 is 1.77 bits per heavy atom. The van der Waals surface area contributed by atoms with Crippen molar-refractivity contribution in [3.8, 4) is 5.75 Å². The highest BCUT2D eigenvalue weighted by Crippen LogP contribution is 2.26. The number of benzene rings is 2. The minimum atomic E-state index is -0.351. The number of nitrogens with one attached hydrogen (secondary N) is 1. The summed E-state index contributed by atoms with van der Waals surface area (Å²) < 4.78 is 23.8. The summed E-state index contributed by atoms with van der Waals surface area (Å²) in [6.45, 7) is 3.61. The molecule has 0 saturated heterocycles. The number of aryl methyl sites for hydroxylation is 1. The largest absolute Gasteiger partial charge is 0.494 e. The zero-order valence-corrected chi connectivity index (χ0v) is 19.6. The maximum atomic E-state index is 14.9. The highest BCUT2D eigenvalue weighted by Gasteiger charge is 2.15. The molecular weight excluding hydrogens is 445 g/mol. The van der Waals surface area contributed by atoms with Gasteiger partial charge in [0.15, 0.2) is 17.2 Å². The van der Waals surface area contributed by atoms with Crippen molar-refractivity contribution < 1.29 is 9.13 Å². The summed E-state index contributed by atoms with van der Waals surface area (Å²) in [5.74, 6) is 0.492. The summed E-state index contributed by atoms with van der Waals surface area (Å²) in [4.78, 5) is 8.69. The molecule has 0 unspecified atom stereocenters. The molecule has 2 aromatic carbocycles. The Labute approximate surface area is 202 Å². The second kappa shape index (κ2) is 9.92. The summed E-state index contributed by atoms with van der Waals surface area (Å²) in [5.41, 5.74) is 4.38. The molecule has 3 heterocycles. The fourth-order valence-corrected chi connectivity index (χ4v) is 4.12. The van der Waals surface area contributed by atoms with Crippen molar-refractivity contribution in [2.75, 3.05) is 12.4 Å². The highest BCUT2D eigenvalue weighted by atomic mass is 19.1. The minimum absolute atomic E-state index is 0.232. The molecule has 0 saturated carbocycles. The van der Waals surface area contributed by atoms with Crippen molar-refractivity contribution in [1.82, 2.24) is 29.5 Å². The lowest BCUT2D eigenvalue weighted by Crippen LogP contribution is -2.08. The lowest BCUT2D eigenvalue weighted by Gasteiger charge is -2.13. The van der Waals surface area contributed by atoms with Crippen molar-refractivity contribution >= 4 is 16.9 Å². The van der Waals surface area contributed by atoms with Gasteiger partial charge in [0.2, 0.25) is 0 Å². The van der Waals surface area contributed by atoms with E-state index in [1.165, 1.54) is 19.0 Å². The zero-order valence-electron chi connectivity index (χ0n) is 19.6. The van der Waals surface area contributed by atoms with Gasteiger partial charge in [0.25, 0.3) is 0 Å². The normalized spacial score (nSPS) is 11.2. The minimum Gasteiger partial charge on any atom is -0.494 e. The molecule has 8 nitrogen and oxygen atoms in total. The summed E-state index contributed by atoms with van der Waals surface area (Å²) in [6, 6.07) is 13.9. The highest BCUT2D eigenvalue weighted by molar-refractivity contribution is 5.85. The summed E-state index contributed by atoms with van der Waals surface area (Å²) >= 11 is 0. The number of hydrogen-bond donors (Lipinski definition) is 1. The van der Waals surface area contributed by atoms with E-state index >= 15 is 0 Å². The van der Waals surface area contributed by atoms with Crippen molar-refractivity contribution in [2.45, 2.75) is 33.0 Å². The number of hydrogen-bond acceptors (Lipinski definition) is 6. The maximum absolute atomic E-state index is 14.9. The van der Waals surface area contributed by atoms with Crippen molar-refractivity contribution in [1.29, 1.82) is 0 Å². The number of ether oxygens (including phenoxy) is 1. The summed E-state index contributed by atoms with van der Waals surface area (Å²) in [6.07, 6.45) is 7.82. The third-order valence-electron chi connectivity index (χ3n) is 5.97. The maximum Gasteiger partial charge on any atom is 0.186 e. The van der Waals surface area contributed by atoms with E-state index in [1.807, 2.05) is 40.8 Å². The van der Waals surface area contributed by atoms with Crippen LogP contribution in [-0.4, -0.2) is 36.6 Å². The van der Waals surface area contributed by atoms with Crippen LogP contribution in [0.3, 0.4) is 0 Å². The second-order valence-electron chi connectivity index (χ2n) is 8.23. The molecule has 35 heavy (non-hydrogen) atoms. The van der Waals surface area contributed by atoms with Crippen molar-refractivity contribution in [3.05, 3.63) is 95.5 Å². The molecule has 9 heteroatoms. The van der Waals surface area contributed by atoms with Gasteiger partial charge in [0.1, 0.15) is 12.1 Å². The molecule has 0 fully saturated rings. The molecule has 0 bridgehead atoms. The monoisotopic (exact) mass is 471 g/mol. The number of anilines is 1. The van der Waals surface area contributed by atoms with E-state index in [-0.39, 0.29) is 18.1 Å². The molecule has 0 atom stereocenters. The Morgan fingerprint density at radius 1 is 1.00 bits per heavy atom. The Kier molecular flexibility index (Phi) is 6.38. The van der Waals surface area contributed by atoms with Crippen LogP contribution in [0.4, 0.5) is 10.2 Å². The van der Waals surface area contributed by atoms with Gasteiger partial charge in [-0.3, -0.25) is 9.36 Å². The third kappa shape index (κ3) is 4.84. The van der Waals surface area contributed by atoms with E-state index in [9.17, 15) is 4.39 Å². The number of halogens is 1. The average Bonchev–Trinajstić information content (AvgIpc) is 3.54. The molecule has 5 rings (SSSR count). The van der Waals surface area contributed by atoms with E-state index in [2.05, 4.69) is 49.7 Å². The number of methoxy groups -OCH3 is 1. The van der Waals surface area contributed by atoms with Gasteiger partial charge in [-0.05, 0) is 35.2 Å². The van der Waals surface area contributed by atoms with Crippen LogP contribution in [0.5, 0.6) is 5.75 Å². The van der Waals surface area contributed by atoms with Crippen LogP contribution >= 0.6 is 0 Å². The molecular formula is C26H26FN7O. The number of fused-ring (bicyclic) bond motifs is 1. The number of aromatic nitrogens is 6. The van der Waals surface area contributed by atoms with Gasteiger partial charge < -0.3 is 10.1 Å². The Hall–Kier alpha value is -4.27. The first-order valence-electron chi connectivity index (χ1n) is 11.5. The van der Waals surface area contributed by atoms with Crippen LogP contribution in [0, 0.1) is 5.82 Å². The van der Waals surface area contributed by atoms with Crippen LogP contribution in [0.1, 0.15) is 29.2 Å². The standard InChI is InChI=1S/C26H26FN7O/c1-3-20-9-10-23(35-2)24(27)21(20)13-28-25-22-16-34(32-26(22)30-17-29-25)15-19-7-5-18(6-8-19)14-33-12-4-11-31-33/h4-12,16-17H,3,13-15H2,1-2H3,(H,28,29,30,32). The zero-order chi connectivity index (χ0) is 24.2. The molecule has 0 amide bonds. The molecule has 1 N–H and O–H groups in total. The van der Waals surface area contributed by atoms with Gasteiger partial charge in [0, 0.05) is 30.7 Å². The molecule has 5 aromatic rings. The van der Waals surface area contributed by atoms with Crippen LogP contribution in [0.25, 0.3) is 11.0 Å². The predicted octanol–water partition coefficient (Wildman–Crippen LogP) is 4.44. The van der Waals surface area contributed by atoms with E-state index in [1.54, 1.807) is 12.3 Å². The van der Waals surface area contributed by atoms with Crippen molar-refractivity contribution in [2.24, 2.45) is 0 Å². The topological polar surface area (TPSA) is 82.7 Å². The third-order valence-corrected chi connectivity index (χ3v) is 5.97. The molecule has 0 aliphatic carbocycles. The SMILES string of the molecule is CCc1ccc(OC)c(F)c1CNc1ncnc2nn(Cc3ccc(Cn4cccn4)cc3)cc12. The Morgan fingerprint density at radius 3 is 2.46 bits per heavy atom. The fraction of sp³-hybridized carbons (Fsp3) is 0.231. The summed E-state index contributed by atoms with van der Waals surface area (Å²) in [5, 5.41) is 12.9. The van der Waals surface area contributed by atoms with E-state index in [4.69, 9.17) is 4.74 Å². The lowest BCUT2D eigenvalue weighted by atomic mass is 10.0. The predicted molar refractivity (Wildman–Crippen MR) is 132 cm³/mol. The first kappa shape index (κ1) is 22.5. The fourth-order valence-electron chi connectivity index (χ4n) is 4.12. The molecule has 0 aliphatic rings. The van der Waals surface area contributed by atoms with E-state index in [0.717, 1.165) is 29.5 Å².